The van der Waals surface area contributed by atoms with Gasteiger partial charge in [0, 0.05) is 25.2 Å². The maximum atomic E-state index is 12.5. The molecule has 1 aromatic rings. The third-order valence-corrected chi connectivity index (χ3v) is 4.79. The lowest BCUT2D eigenvalue weighted by atomic mass is 9.99. The molecule has 1 aromatic carbocycles. The zero-order valence-corrected chi connectivity index (χ0v) is 14.4. The van der Waals surface area contributed by atoms with Gasteiger partial charge in [0.2, 0.25) is 0 Å². The number of hydrogen-bond acceptors (Lipinski definition) is 4. The van der Waals surface area contributed by atoms with E-state index in [2.05, 4.69) is 9.64 Å². The van der Waals surface area contributed by atoms with E-state index in [0.29, 0.717) is 12.6 Å². The number of amides is 1. The first kappa shape index (κ1) is 18.7. The van der Waals surface area contributed by atoms with Crippen LogP contribution in [0, 0.1) is 0 Å². The highest BCUT2D eigenvalue weighted by atomic mass is 19.4. The normalized spacial score (nSPS) is 24.4. The zero-order chi connectivity index (χ0) is 18.9. The SMILES string of the molecule is C[C@@H]1CN(C(=O)C(=O)OCC(F)(F)F)[C@@H](c2ccccc2)CN1C1CC1. The van der Waals surface area contributed by atoms with E-state index in [1.807, 2.05) is 37.3 Å². The second-order valence-corrected chi connectivity index (χ2v) is 6.85. The van der Waals surface area contributed by atoms with Crippen LogP contribution in [0.5, 0.6) is 0 Å². The van der Waals surface area contributed by atoms with Crippen molar-refractivity contribution in [3.8, 4) is 0 Å². The van der Waals surface area contributed by atoms with Crippen LogP contribution >= 0.6 is 0 Å². The smallest absolute Gasteiger partial charge is 0.422 e. The molecular formula is C18H21F3N2O3. The second-order valence-electron chi connectivity index (χ2n) is 6.85. The van der Waals surface area contributed by atoms with Gasteiger partial charge in [-0.2, -0.15) is 13.2 Å². The summed E-state index contributed by atoms with van der Waals surface area (Å²) in [5.41, 5.74) is 0.849. The molecule has 1 saturated heterocycles. The summed E-state index contributed by atoms with van der Waals surface area (Å²) in [4.78, 5) is 28.0. The molecule has 0 radical (unpaired) electrons. The Labute approximate surface area is 149 Å². The molecule has 142 valence electrons. The van der Waals surface area contributed by atoms with Gasteiger partial charge in [-0.15, -0.1) is 0 Å². The number of halogens is 3. The van der Waals surface area contributed by atoms with Crippen molar-refractivity contribution in [1.82, 2.24) is 9.80 Å². The number of carbonyl (C=O) groups is 2. The van der Waals surface area contributed by atoms with Crippen LogP contribution in [0.25, 0.3) is 0 Å². The highest BCUT2D eigenvalue weighted by molar-refractivity contribution is 6.32. The predicted molar refractivity (Wildman–Crippen MR) is 87.1 cm³/mol. The fourth-order valence-electron chi connectivity index (χ4n) is 3.42. The summed E-state index contributed by atoms with van der Waals surface area (Å²) in [6, 6.07) is 9.34. The molecule has 26 heavy (non-hydrogen) atoms. The molecule has 1 aliphatic heterocycles. The lowest BCUT2D eigenvalue weighted by Crippen LogP contribution is -2.57. The summed E-state index contributed by atoms with van der Waals surface area (Å²) in [5, 5.41) is 0. The Hall–Kier alpha value is -2.09. The van der Waals surface area contributed by atoms with E-state index >= 15 is 0 Å². The number of nitrogens with zero attached hydrogens (tertiary/aromatic N) is 2. The molecule has 5 nitrogen and oxygen atoms in total. The van der Waals surface area contributed by atoms with Gasteiger partial charge in [-0.3, -0.25) is 9.69 Å². The maximum Gasteiger partial charge on any atom is 0.422 e. The average Bonchev–Trinajstić information content (AvgIpc) is 3.44. The Kier molecular flexibility index (Phi) is 5.22. The van der Waals surface area contributed by atoms with E-state index in [4.69, 9.17) is 0 Å². The van der Waals surface area contributed by atoms with Crippen molar-refractivity contribution in [2.24, 2.45) is 0 Å². The number of benzene rings is 1. The first-order valence-corrected chi connectivity index (χ1v) is 8.61. The molecule has 2 aliphatic rings. The van der Waals surface area contributed by atoms with Crippen LogP contribution in [0.2, 0.25) is 0 Å². The van der Waals surface area contributed by atoms with Gasteiger partial charge in [0.15, 0.2) is 6.61 Å². The van der Waals surface area contributed by atoms with Gasteiger partial charge in [-0.25, -0.2) is 4.79 Å². The Bertz CT molecular complexity index is 661. The first-order chi connectivity index (χ1) is 12.3. The van der Waals surface area contributed by atoms with Crippen LogP contribution in [0.3, 0.4) is 0 Å². The van der Waals surface area contributed by atoms with Crippen LogP contribution in [0.1, 0.15) is 31.4 Å². The van der Waals surface area contributed by atoms with E-state index < -0.39 is 24.7 Å². The molecule has 0 bridgehead atoms. The van der Waals surface area contributed by atoms with Crippen LogP contribution in [0.15, 0.2) is 30.3 Å². The van der Waals surface area contributed by atoms with Crippen molar-refractivity contribution in [3.63, 3.8) is 0 Å². The van der Waals surface area contributed by atoms with Crippen LogP contribution < -0.4 is 0 Å². The van der Waals surface area contributed by atoms with Crippen molar-refractivity contribution in [1.29, 1.82) is 0 Å². The topological polar surface area (TPSA) is 49.9 Å². The molecule has 3 rings (SSSR count). The van der Waals surface area contributed by atoms with Crippen molar-refractivity contribution >= 4 is 11.9 Å². The van der Waals surface area contributed by atoms with Crippen molar-refractivity contribution in [2.75, 3.05) is 19.7 Å². The van der Waals surface area contributed by atoms with Gasteiger partial charge >= 0.3 is 18.1 Å². The molecule has 1 heterocycles. The summed E-state index contributed by atoms with van der Waals surface area (Å²) < 4.78 is 40.9. The van der Waals surface area contributed by atoms with Gasteiger partial charge in [0.1, 0.15) is 0 Å². The fraction of sp³-hybridized carbons (Fsp3) is 0.556. The third kappa shape index (κ3) is 4.35. The maximum absolute atomic E-state index is 12.5. The van der Waals surface area contributed by atoms with Crippen molar-refractivity contribution in [3.05, 3.63) is 35.9 Å². The molecule has 2 fully saturated rings. The zero-order valence-electron chi connectivity index (χ0n) is 14.4. The van der Waals surface area contributed by atoms with Gasteiger partial charge in [-0.05, 0) is 25.3 Å². The Morgan fingerprint density at radius 2 is 1.81 bits per heavy atom. The van der Waals surface area contributed by atoms with Crippen LogP contribution in [0.4, 0.5) is 13.2 Å². The Balaban J connectivity index is 1.78. The quantitative estimate of drug-likeness (QED) is 0.606. The number of rotatable bonds is 3. The minimum Gasteiger partial charge on any atom is -0.449 e. The highest BCUT2D eigenvalue weighted by Crippen LogP contribution is 2.36. The first-order valence-electron chi connectivity index (χ1n) is 8.61. The molecule has 1 saturated carbocycles. The summed E-state index contributed by atoms with van der Waals surface area (Å²) in [6.45, 7) is 1.02. The molecule has 1 aliphatic carbocycles. The summed E-state index contributed by atoms with van der Waals surface area (Å²) in [5.74, 6) is -2.49. The number of hydrogen-bond donors (Lipinski definition) is 0. The van der Waals surface area contributed by atoms with Crippen LogP contribution in [-0.4, -0.2) is 59.6 Å². The molecule has 2 atom stereocenters. The van der Waals surface area contributed by atoms with Crippen LogP contribution in [-0.2, 0) is 14.3 Å². The van der Waals surface area contributed by atoms with E-state index in [1.54, 1.807) is 0 Å². The van der Waals surface area contributed by atoms with E-state index in [9.17, 15) is 22.8 Å². The standard InChI is InChI=1S/C18H21F3N2O3/c1-12-9-23(16(24)17(25)26-11-18(19,20)21)15(10-22(12)14-7-8-14)13-5-3-2-4-6-13/h2-6,12,14-15H,7-11H2,1H3/t12-,15-/m1/s1. The lowest BCUT2D eigenvalue weighted by Gasteiger charge is -2.45. The van der Waals surface area contributed by atoms with Gasteiger partial charge in [0.25, 0.3) is 0 Å². The van der Waals surface area contributed by atoms with Gasteiger partial charge in [0.05, 0.1) is 6.04 Å². The molecule has 0 unspecified atom stereocenters. The Morgan fingerprint density at radius 1 is 1.15 bits per heavy atom. The molecule has 0 spiro atoms. The predicted octanol–water partition coefficient (Wildman–Crippen LogP) is 2.53. The molecule has 0 aromatic heterocycles. The summed E-state index contributed by atoms with van der Waals surface area (Å²) in [7, 11) is 0. The highest BCUT2D eigenvalue weighted by Gasteiger charge is 2.43. The largest absolute Gasteiger partial charge is 0.449 e. The average molecular weight is 370 g/mol. The summed E-state index contributed by atoms with van der Waals surface area (Å²) in [6.07, 6.45) is -2.45. The molecule has 1 amide bonds. The number of alkyl halides is 3. The molecule has 8 heteroatoms. The molecule has 0 N–H and O–H groups in total. The van der Waals surface area contributed by atoms with E-state index in [0.717, 1.165) is 18.4 Å². The molecular weight excluding hydrogens is 349 g/mol. The lowest BCUT2D eigenvalue weighted by molar-refractivity contribution is -0.190. The minimum absolute atomic E-state index is 0.0295. The monoisotopic (exact) mass is 370 g/mol. The van der Waals surface area contributed by atoms with Gasteiger partial charge < -0.3 is 9.64 Å². The van der Waals surface area contributed by atoms with E-state index in [1.165, 1.54) is 4.90 Å². The van der Waals surface area contributed by atoms with Gasteiger partial charge in [-0.1, -0.05) is 30.3 Å². The summed E-state index contributed by atoms with van der Waals surface area (Å²) >= 11 is 0. The number of esters is 1. The number of ether oxygens (including phenoxy) is 1. The van der Waals surface area contributed by atoms with Crippen molar-refractivity contribution in [2.45, 2.75) is 44.1 Å². The van der Waals surface area contributed by atoms with Crippen molar-refractivity contribution < 1.29 is 27.5 Å². The van der Waals surface area contributed by atoms with E-state index in [-0.39, 0.29) is 18.6 Å². The third-order valence-electron chi connectivity index (χ3n) is 4.79. The number of piperazine rings is 1. The fourth-order valence-corrected chi connectivity index (χ4v) is 3.42. The second kappa shape index (κ2) is 7.26. The minimum atomic E-state index is -4.66. The number of carbonyl (C=O) groups excluding carboxylic acids is 2. The Morgan fingerprint density at radius 3 is 2.38 bits per heavy atom.